The molecule has 2 N–H and O–H groups in total. The Balaban J connectivity index is 2.72. The predicted molar refractivity (Wildman–Crippen MR) is 81.7 cm³/mol. The first-order chi connectivity index (χ1) is 9.25. The Morgan fingerprint density at radius 2 is 1.90 bits per heavy atom. The van der Waals surface area contributed by atoms with E-state index in [0.29, 0.717) is 24.1 Å². The van der Waals surface area contributed by atoms with Crippen LogP contribution in [-0.2, 0) is 4.79 Å². The molecule has 1 aliphatic heterocycles. The van der Waals surface area contributed by atoms with Crippen molar-refractivity contribution in [2.24, 2.45) is 17.8 Å². The zero-order valence-electron chi connectivity index (χ0n) is 12.9. The van der Waals surface area contributed by atoms with Crippen molar-refractivity contribution in [3.05, 3.63) is 0 Å². The third-order valence-electron chi connectivity index (χ3n) is 3.84. The molecule has 3 atom stereocenters. The number of nitrogens with zero attached hydrogens (tertiary/aromatic N) is 1. The number of carboxylic acids is 1. The normalized spacial score (nSPS) is 24.2. The average molecular weight is 302 g/mol. The molecule has 1 heterocycles. The molecule has 0 bridgehead atoms. The number of carbonyl (C=O) groups is 2. The standard InChI is InChI=1S/C14H26N2O3S/c1-8(2)10(5)6-15-14(19)16-11(13(17)18)7-20-12(16)9(3)4/h8-12H,6-7H2,1-5H3,(H,15,19)(H,17,18). The molecule has 0 aromatic heterocycles. The second-order valence-corrected chi connectivity index (χ2v) is 7.29. The lowest BCUT2D eigenvalue weighted by atomic mass is 9.98. The fourth-order valence-electron chi connectivity index (χ4n) is 2.06. The van der Waals surface area contributed by atoms with Gasteiger partial charge in [0.25, 0.3) is 0 Å². The summed E-state index contributed by atoms with van der Waals surface area (Å²) in [4.78, 5) is 25.1. The number of hydrogen-bond acceptors (Lipinski definition) is 3. The lowest BCUT2D eigenvalue weighted by Crippen LogP contribution is -2.52. The molecular weight excluding hydrogens is 276 g/mol. The highest BCUT2D eigenvalue weighted by atomic mass is 32.2. The molecule has 3 unspecified atom stereocenters. The van der Waals surface area contributed by atoms with E-state index < -0.39 is 12.0 Å². The zero-order valence-corrected chi connectivity index (χ0v) is 13.7. The Morgan fingerprint density at radius 1 is 1.30 bits per heavy atom. The first kappa shape index (κ1) is 17.1. The summed E-state index contributed by atoms with van der Waals surface area (Å²) in [6, 6.07) is -0.977. The molecular formula is C14H26N2O3S. The summed E-state index contributed by atoms with van der Waals surface area (Å²) in [5.41, 5.74) is 0. The Kier molecular flexibility index (Phi) is 6.17. The first-order valence-electron chi connectivity index (χ1n) is 7.16. The molecule has 5 nitrogen and oxygen atoms in total. The van der Waals surface area contributed by atoms with Crippen molar-refractivity contribution in [2.75, 3.05) is 12.3 Å². The van der Waals surface area contributed by atoms with Crippen LogP contribution >= 0.6 is 11.8 Å². The Hall–Kier alpha value is -0.910. The Bertz CT molecular complexity index is 360. The second kappa shape index (κ2) is 7.20. The molecule has 0 aliphatic carbocycles. The van der Waals surface area contributed by atoms with Gasteiger partial charge in [0.15, 0.2) is 0 Å². The van der Waals surface area contributed by atoms with Crippen LogP contribution in [0.5, 0.6) is 0 Å². The fraction of sp³-hybridized carbons (Fsp3) is 0.857. The molecule has 0 aromatic rings. The van der Waals surface area contributed by atoms with Gasteiger partial charge in [0.1, 0.15) is 6.04 Å². The molecule has 1 fully saturated rings. The summed E-state index contributed by atoms with van der Waals surface area (Å²) in [5, 5.41) is 12.1. The van der Waals surface area contributed by atoms with Crippen LogP contribution in [-0.4, -0.2) is 45.7 Å². The lowest BCUT2D eigenvalue weighted by molar-refractivity contribution is -0.141. The van der Waals surface area contributed by atoms with Gasteiger partial charge in [0.05, 0.1) is 5.37 Å². The molecule has 6 heteroatoms. The Labute approximate surface area is 125 Å². The minimum absolute atomic E-state index is 0.0644. The largest absolute Gasteiger partial charge is 0.480 e. The molecule has 1 aliphatic rings. The average Bonchev–Trinajstić information content (AvgIpc) is 2.80. The van der Waals surface area contributed by atoms with Crippen LogP contribution < -0.4 is 5.32 Å². The summed E-state index contributed by atoms with van der Waals surface area (Å²) >= 11 is 1.55. The predicted octanol–water partition coefficient (Wildman–Crippen LogP) is 2.47. The van der Waals surface area contributed by atoms with Crippen molar-refractivity contribution in [3.63, 3.8) is 0 Å². The second-order valence-electron chi connectivity index (χ2n) is 6.14. The van der Waals surface area contributed by atoms with E-state index in [2.05, 4.69) is 26.1 Å². The monoisotopic (exact) mass is 302 g/mol. The van der Waals surface area contributed by atoms with Crippen molar-refractivity contribution in [2.45, 2.75) is 46.0 Å². The Morgan fingerprint density at radius 3 is 2.35 bits per heavy atom. The molecule has 20 heavy (non-hydrogen) atoms. The van der Waals surface area contributed by atoms with Crippen molar-refractivity contribution in [1.82, 2.24) is 10.2 Å². The number of rotatable bonds is 5. The van der Waals surface area contributed by atoms with Crippen LogP contribution in [0.4, 0.5) is 4.79 Å². The van der Waals surface area contributed by atoms with Crippen LogP contribution in [0.15, 0.2) is 0 Å². The van der Waals surface area contributed by atoms with Crippen LogP contribution in [0, 0.1) is 17.8 Å². The SMILES string of the molecule is CC(C)C(C)CNC(=O)N1C(C(=O)O)CSC1C(C)C. The van der Waals surface area contributed by atoms with Crippen LogP contribution in [0.2, 0.25) is 0 Å². The topological polar surface area (TPSA) is 69.6 Å². The van der Waals surface area contributed by atoms with E-state index in [1.807, 2.05) is 13.8 Å². The van der Waals surface area contributed by atoms with E-state index in [0.717, 1.165) is 0 Å². The number of hydrogen-bond donors (Lipinski definition) is 2. The van der Waals surface area contributed by atoms with E-state index in [-0.39, 0.29) is 17.3 Å². The van der Waals surface area contributed by atoms with Gasteiger partial charge in [-0.25, -0.2) is 9.59 Å². The van der Waals surface area contributed by atoms with Crippen molar-refractivity contribution in [1.29, 1.82) is 0 Å². The number of urea groups is 1. The van der Waals surface area contributed by atoms with Crippen molar-refractivity contribution in [3.8, 4) is 0 Å². The van der Waals surface area contributed by atoms with Gasteiger partial charge in [-0.3, -0.25) is 4.90 Å². The van der Waals surface area contributed by atoms with E-state index in [9.17, 15) is 14.7 Å². The number of nitrogens with one attached hydrogen (secondary N) is 1. The quantitative estimate of drug-likeness (QED) is 0.818. The van der Waals surface area contributed by atoms with E-state index in [4.69, 9.17) is 0 Å². The zero-order chi connectivity index (χ0) is 15.4. The van der Waals surface area contributed by atoms with Gasteiger partial charge in [0.2, 0.25) is 0 Å². The summed E-state index contributed by atoms with van der Waals surface area (Å²) in [6.07, 6.45) is 0. The summed E-state index contributed by atoms with van der Waals surface area (Å²) in [6.45, 7) is 10.9. The number of amides is 2. The first-order valence-corrected chi connectivity index (χ1v) is 8.21. The van der Waals surface area contributed by atoms with Gasteiger partial charge < -0.3 is 10.4 Å². The van der Waals surface area contributed by atoms with Gasteiger partial charge in [-0.1, -0.05) is 34.6 Å². The molecule has 0 saturated carbocycles. The number of thioether (sulfide) groups is 1. The fourth-order valence-corrected chi connectivity index (χ4v) is 3.53. The van der Waals surface area contributed by atoms with Gasteiger partial charge in [0, 0.05) is 12.3 Å². The molecule has 1 rings (SSSR count). The van der Waals surface area contributed by atoms with Gasteiger partial charge in [-0.2, -0.15) is 0 Å². The number of aliphatic carboxylic acids is 1. The maximum atomic E-state index is 12.3. The smallest absolute Gasteiger partial charge is 0.327 e. The highest BCUT2D eigenvalue weighted by Crippen LogP contribution is 2.34. The summed E-state index contributed by atoms with van der Waals surface area (Å²) in [7, 11) is 0. The minimum Gasteiger partial charge on any atom is -0.480 e. The maximum absolute atomic E-state index is 12.3. The van der Waals surface area contributed by atoms with E-state index in [1.54, 1.807) is 11.8 Å². The summed E-state index contributed by atoms with van der Waals surface area (Å²) < 4.78 is 0. The molecule has 1 saturated heterocycles. The molecule has 0 aromatic carbocycles. The van der Waals surface area contributed by atoms with E-state index >= 15 is 0 Å². The lowest BCUT2D eigenvalue weighted by Gasteiger charge is -2.30. The van der Waals surface area contributed by atoms with Crippen molar-refractivity contribution >= 4 is 23.8 Å². The van der Waals surface area contributed by atoms with Crippen LogP contribution in [0.25, 0.3) is 0 Å². The highest BCUT2D eigenvalue weighted by molar-refractivity contribution is 8.00. The van der Waals surface area contributed by atoms with Gasteiger partial charge in [-0.05, 0) is 17.8 Å². The van der Waals surface area contributed by atoms with Crippen LogP contribution in [0.3, 0.4) is 0 Å². The van der Waals surface area contributed by atoms with Gasteiger partial charge >= 0.3 is 12.0 Å². The highest BCUT2D eigenvalue weighted by Gasteiger charge is 2.42. The maximum Gasteiger partial charge on any atom is 0.327 e. The minimum atomic E-state index is -0.923. The van der Waals surface area contributed by atoms with Gasteiger partial charge in [-0.15, -0.1) is 11.8 Å². The van der Waals surface area contributed by atoms with Crippen molar-refractivity contribution < 1.29 is 14.7 Å². The van der Waals surface area contributed by atoms with Crippen LogP contribution in [0.1, 0.15) is 34.6 Å². The van der Waals surface area contributed by atoms with E-state index in [1.165, 1.54) is 4.90 Å². The summed E-state index contributed by atoms with van der Waals surface area (Å²) in [5.74, 6) is 0.630. The number of carboxylic acid groups (broad SMARTS) is 1. The molecule has 0 radical (unpaired) electrons. The third-order valence-corrected chi connectivity index (χ3v) is 5.46. The molecule has 2 amide bonds. The number of carbonyl (C=O) groups excluding carboxylic acids is 1. The molecule has 116 valence electrons. The third kappa shape index (κ3) is 4.04. The molecule has 0 spiro atoms.